The normalized spacial score (nSPS) is 17.4. The fourth-order valence-corrected chi connectivity index (χ4v) is 2.21. The Morgan fingerprint density at radius 2 is 2.00 bits per heavy atom. The van der Waals surface area contributed by atoms with Crippen molar-refractivity contribution >= 4 is 11.6 Å². The molecule has 0 radical (unpaired) electrons. The summed E-state index contributed by atoms with van der Waals surface area (Å²) in [5, 5.41) is 0. The van der Waals surface area contributed by atoms with E-state index >= 15 is 0 Å². The summed E-state index contributed by atoms with van der Waals surface area (Å²) in [6, 6.07) is 0. The van der Waals surface area contributed by atoms with Gasteiger partial charge in [-0.25, -0.2) is 0 Å². The van der Waals surface area contributed by atoms with Crippen LogP contribution >= 0.6 is 11.6 Å². The SMILES string of the molecule is CCN(CCCCCCl)CC1CCC1. The minimum atomic E-state index is 0.828. The van der Waals surface area contributed by atoms with E-state index < -0.39 is 0 Å². The number of unbranched alkanes of at least 4 members (excludes halogenated alkanes) is 2. The topological polar surface area (TPSA) is 3.24 Å². The van der Waals surface area contributed by atoms with E-state index in [1.54, 1.807) is 0 Å². The first-order chi connectivity index (χ1) is 6.86. The monoisotopic (exact) mass is 217 g/mol. The molecular weight excluding hydrogens is 194 g/mol. The van der Waals surface area contributed by atoms with E-state index in [1.807, 2.05) is 0 Å². The molecule has 0 atom stereocenters. The van der Waals surface area contributed by atoms with Gasteiger partial charge < -0.3 is 4.90 Å². The van der Waals surface area contributed by atoms with E-state index in [-0.39, 0.29) is 0 Å². The average Bonchev–Trinajstić information content (AvgIpc) is 2.14. The van der Waals surface area contributed by atoms with Gasteiger partial charge in [0.2, 0.25) is 0 Å². The molecule has 1 aliphatic carbocycles. The predicted molar refractivity (Wildman–Crippen MR) is 64.0 cm³/mol. The predicted octanol–water partition coefficient (Wildman–Crippen LogP) is 3.52. The van der Waals surface area contributed by atoms with E-state index in [2.05, 4.69) is 11.8 Å². The number of rotatable bonds is 8. The van der Waals surface area contributed by atoms with Crippen molar-refractivity contribution in [3.05, 3.63) is 0 Å². The fourth-order valence-electron chi connectivity index (χ4n) is 2.03. The molecule has 0 saturated heterocycles. The van der Waals surface area contributed by atoms with Gasteiger partial charge in [-0.05, 0) is 44.7 Å². The van der Waals surface area contributed by atoms with Gasteiger partial charge in [0.05, 0.1) is 0 Å². The first-order valence-electron chi connectivity index (χ1n) is 6.15. The van der Waals surface area contributed by atoms with Crippen LogP contribution in [0.3, 0.4) is 0 Å². The molecule has 14 heavy (non-hydrogen) atoms. The van der Waals surface area contributed by atoms with Crippen LogP contribution in [0, 0.1) is 5.92 Å². The van der Waals surface area contributed by atoms with E-state index in [1.165, 1.54) is 58.2 Å². The largest absolute Gasteiger partial charge is 0.303 e. The third-order valence-corrected chi connectivity index (χ3v) is 3.56. The zero-order valence-corrected chi connectivity index (χ0v) is 10.2. The summed E-state index contributed by atoms with van der Waals surface area (Å²) in [5.41, 5.74) is 0. The molecule has 84 valence electrons. The second-order valence-electron chi connectivity index (χ2n) is 4.44. The van der Waals surface area contributed by atoms with E-state index in [0.29, 0.717) is 0 Å². The first-order valence-corrected chi connectivity index (χ1v) is 6.68. The molecule has 1 fully saturated rings. The van der Waals surface area contributed by atoms with E-state index in [0.717, 1.165) is 11.8 Å². The van der Waals surface area contributed by atoms with Crippen molar-refractivity contribution in [2.75, 3.05) is 25.5 Å². The van der Waals surface area contributed by atoms with Gasteiger partial charge in [-0.15, -0.1) is 11.6 Å². The number of nitrogens with zero attached hydrogens (tertiary/aromatic N) is 1. The highest BCUT2D eigenvalue weighted by atomic mass is 35.5. The third kappa shape index (κ3) is 4.65. The van der Waals surface area contributed by atoms with Crippen LogP contribution in [0.2, 0.25) is 0 Å². The molecule has 0 bridgehead atoms. The molecule has 0 aromatic heterocycles. The van der Waals surface area contributed by atoms with Crippen molar-refractivity contribution in [2.24, 2.45) is 5.92 Å². The Hall–Kier alpha value is 0.250. The molecule has 1 nitrogen and oxygen atoms in total. The van der Waals surface area contributed by atoms with Crippen molar-refractivity contribution in [1.29, 1.82) is 0 Å². The molecule has 2 heteroatoms. The van der Waals surface area contributed by atoms with Gasteiger partial charge in [-0.3, -0.25) is 0 Å². The lowest BCUT2D eigenvalue weighted by Crippen LogP contribution is -2.33. The zero-order valence-electron chi connectivity index (χ0n) is 9.47. The highest BCUT2D eigenvalue weighted by Gasteiger charge is 2.19. The van der Waals surface area contributed by atoms with Crippen molar-refractivity contribution < 1.29 is 0 Å². The van der Waals surface area contributed by atoms with Crippen molar-refractivity contribution in [3.8, 4) is 0 Å². The molecule has 0 spiro atoms. The second-order valence-corrected chi connectivity index (χ2v) is 4.82. The minimum Gasteiger partial charge on any atom is -0.303 e. The number of hydrogen-bond donors (Lipinski definition) is 0. The summed E-state index contributed by atoms with van der Waals surface area (Å²) in [6.45, 7) is 6.12. The first kappa shape index (κ1) is 12.3. The molecule has 0 unspecified atom stereocenters. The Balaban J connectivity index is 1.99. The summed E-state index contributed by atoms with van der Waals surface area (Å²) in [7, 11) is 0. The van der Waals surface area contributed by atoms with Gasteiger partial charge in [0.25, 0.3) is 0 Å². The van der Waals surface area contributed by atoms with Crippen molar-refractivity contribution in [1.82, 2.24) is 4.90 Å². The molecule has 1 aliphatic rings. The van der Waals surface area contributed by atoms with Crippen molar-refractivity contribution in [2.45, 2.75) is 45.4 Å². The molecule has 0 heterocycles. The van der Waals surface area contributed by atoms with Crippen LogP contribution in [-0.4, -0.2) is 30.4 Å². The van der Waals surface area contributed by atoms with Crippen LogP contribution in [0.1, 0.15) is 45.4 Å². The molecule has 0 amide bonds. The maximum atomic E-state index is 5.65. The van der Waals surface area contributed by atoms with Gasteiger partial charge in [0.1, 0.15) is 0 Å². The zero-order chi connectivity index (χ0) is 10.2. The van der Waals surface area contributed by atoms with Gasteiger partial charge in [0.15, 0.2) is 0 Å². The fraction of sp³-hybridized carbons (Fsp3) is 1.00. The van der Waals surface area contributed by atoms with Crippen molar-refractivity contribution in [3.63, 3.8) is 0 Å². The quantitative estimate of drug-likeness (QED) is 0.444. The number of halogens is 1. The molecule has 0 aliphatic heterocycles. The lowest BCUT2D eigenvalue weighted by Gasteiger charge is -2.31. The maximum absolute atomic E-state index is 5.65. The Bertz CT molecular complexity index is 134. The molecular formula is C12H24ClN. The summed E-state index contributed by atoms with van der Waals surface area (Å²) in [5.74, 6) is 1.84. The van der Waals surface area contributed by atoms with E-state index in [4.69, 9.17) is 11.6 Å². The highest BCUT2D eigenvalue weighted by molar-refractivity contribution is 6.17. The summed E-state index contributed by atoms with van der Waals surface area (Å²) < 4.78 is 0. The molecule has 1 saturated carbocycles. The Labute approximate surface area is 93.8 Å². The average molecular weight is 218 g/mol. The maximum Gasteiger partial charge on any atom is 0.0223 e. The van der Waals surface area contributed by atoms with Crippen LogP contribution < -0.4 is 0 Å². The summed E-state index contributed by atoms with van der Waals surface area (Å²) in [4.78, 5) is 2.61. The third-order valence-electron chi connectivity index (χ3n) is 3.30. The van der Waals surface area contributed by atoms with Crippen LogP contribution in [-0.2, 0) is 0 Å². The van der Waals surface area contributed by atoms with E-state index in [9.17, 15) is 0 Å². The summed E-state index contributed by atoms with van der Waals surface area (Å²) in [6.07, 6.45) is 8.21. The van der Waals surface area contributed by atoms with Gasteiger partial charge in [-0.2, -0.15) is 0 Å². The van der Waals surface area contributed by atoms with Gasteiger partial charge in [-0.1, -0.05) is 19.8 Å². The van der Waals surface area contributed by atoms with Crippen LogP contribution in [0.5, 0.6) is 0 Å². The van der Waals surface area contributed by atoms with Crippen LogP contribution in [0.15, 0.2) is 0 Å². The smallest absolute Gasteiger partial charge is 0.0223 e. The minimum absolute atomic E-state index is 0.828. The Morgan fingerprint density at radius 3 is 2.50 bits per heavy atom. The summed E-state index contributed by atoms with van der Waals surface area (Å²) >= 11 is 5.65. The van der Waals surface area contributed by atoms with Gasteiger partial charge in [0, 0.05) is 12.4 Å². The molecule has 0 aromatic carbocycles. The number of alkyl halides is 1. The second kappa shape index (κ2) is 7.53. The standard InChI is InChI=1S/C12H24ClN/c1-2-14(10-5-3-4-9-13)11-12-7-6-8-12/h12H,2-11H2,1H3. The Morgan fingerprint density at radius 1 is 1.21 bits per heavy atom. The highest BCUT2D eigenvalue weighted by Crippen LogP contribution is 2.27. The lowest BCUT2D eigenvalue weighted by atomic mass is 9.85. The molecule has 0 aromatic rings. The lowest BCUT2D eigenvalue weighted by molar-refractivity contribution is 0.181. The Kier molecular flexibility index (Phi) is 6.63. The van der Waals surface area contributed by atoms with Crippen LogP contribution in [0.4, 0.5) is 0 Å². The number of hydrogen-bond acceptors (Lipinski definition) is 1. The molecule has 0 N–H and O–H groups in total. The molecule has 1 rings (SSSR count). The van der Waals surface area contributed by atoms with Crippen LogP contribution in [0.25, 0.3) is 0 Å². The van der Waals surface area contributed by atoms with Gasteiger partial charge >= 0.3 is 0 Å².